The summed E-state index contributed by atoms with van der Waals surface area (Å²) in [6.07, 6.45) is 6.72. The Morgan fingerprint density at radius 3 is 2.94 bits per heavy atom. The molecule has 88 valence electrons. The van der Waals surface area contributed by atoms with Crippen molar-refractivity contribution in [2.75, 3.05) is 12.8 Å². The van der Waals surface area contributed by atoms with Crippen LogP contribution in [0.5, 0.6) is 0 Å². The maximum absolute atomic E-state index is 11.6. The molecule has 0 saturated carbocycles. The summed E-state index contributed by atoms with van der Waals surface area (Å²) in [7, 11) is -3.21. The number of hydrogen-bond donors (Lipinski definition) is 0. The fourth-order valence-electron chi connectivity index (χ4n) is 2.66. The molecule has 0 spiro atoms. The first-order valence-corrected chi connectivity index (χ1v) is 7.36. The molecule has 0 aromatic rings. The molecule has 0 amide bonds. The van der Waals surface area contributed by atoms with Gasteiger partial charge in [0.25, 0.3) is 0 Å². The molecule has 0 aromatic heterocycles. The van der Waals surface area contributed by atoms with E-state index in [0.717, 1.165) is 29.7 Å². The summed E-state index contributed by atoms with van der Waals surface area (Å²) in [6.45, 7) is 0.428. The zero-order valence-electron chi connectivity index (χ0n) is 9.47. The number of fused-ring (bicyclic) bond motifs is 1. The third-order valence-electron chi connectivity index (χ3n) is 3.59. The van der Waals surface area contributed by atoms with Crippen LogP contribution in [0.15, 0.2) is 34.6 Å². The highest BCUT2D eigenvalue weighted by molar-refractivity contribution is 7.88. The van der Waals surface area contributed by atoms with Gasteiger partial charge in [0, 0.05) is 0 Å². The Bertz CT molecular complexity index is 632. The fourth-order valence-corrected chi connectivity index (χ4v) is 3.53. The van der Waals surface area contributed by atoms with E-state index < -0.39 is 10.0 Å². The van der Waals surface area contributed by atoms with Gasteiger partial charge >= 0.3 is 0 Å². The molecule has 17 heavy (non-hydrogen) atoms. The van der Waals surface area contributed by atoms with Crippen molar-refractivity contribution in [1.29, 1.82) is 5.26 Å². The van der Waals surface area contributed by atoms with E-state index in [0.29, 0.717) is 6.54 Å². The van der Waals surface area contributed by atoms with Crippen molar-refractivity contribution < 1.29 is 8.42 Å². The smallest absolute Gasteiger partial charge is 0.232 e. The first kappa shape index (κ1) is 10.6. The van der Waals surface area contributed by atoms with Crippen LogP contribution in [0.2, 0.25) is 0 Å². The second-order valence-electron chi connectivity index (χ2n) is 4.67. The Labute approximate surface area is 101 Å². The zero-order chi connectivity index (χ0) is 12.2. The van der Waals surface area contributed by atoms with Gasteiger partial charge in [-0.05, 0) is 30.1 Å². The minimum Gasteiger partial charge on any atom is -0.266 e. The third kappa shape index (κ3) is 1.44. The number of rotatable bonds is 1. The summed E-state index contributed by atoms with van der Waals surface area (Å²) >= 11 is 0. The summed E-state index contributed by atoms with van der Waals surface area (Å²) in [5, 5.41) is 8.93. The lowest BCUT2D eigenvalue weighted by Crippen LogP contribution is -2.29. The Balaban J connectivity index is 2.02. The lowest BCUT2D eigenvalue weighted by atomic mass is 9.72. The van der Waals surface area contributed by atoms with Crippen LogP contribution in [0, 0.1) is 17.2 Å². The molecular formula is C12H12N2O2S. The van der Waals surface area contributed by atoms with E-state index >= 15 is 0 Å². The Hall–Kier alpha value is -1.54. The van der Waals surface area contributed by atoms with E-state index in [4.69, 9.17) is 5.26 Å². The van der Waals surface area contributed by atoms with Crippen LogP contribution < -0.4 is 0 Å². The van der Waals surface area contributed by atoms with Crippen LogP contribution in [0.4, 0.5) is 0 Å². The summed E-state index contributed by atoms with van der Waals surface area (Å²) in [5.74, 6) is -0.0407. The molecule has 2 aliphatic carbocycles. The molecule has 0 bridgehead atoms. The molecule has 0 saturated heterocycles. The second-order valence-corrected chi connectivity index (χ2v) is 6.58. The van der Waals surface area contributed by atoms with Crippen molar-refractivity contribution in [3.05, 3.63) is 34.6 Å². The maximum atomic E-state index is 11.6. The first-order chi connectivity index (χ1) is 8.00. The third-order valence-corrected chi connectivity index (χ3v) is 4.73. The summed E-state index contributed by atoms with van der Waals surface area (Å²) in [5.41, 5.74) is 4.19. The van der Waals surface area contributed by atoms with Crippen LogP contribution in [-0.2, 0) is 10.0 Å². The number of sulfonamides is 1. The van der Waals surface area contributed by atoms with Crippen LogP contribution >= 0.6 is 0 Å². The molecule has 1 unspecified atom stereocenters. The standard InChI is InChI=1S/C12H12N2O2S/c1-17(15,16)14-3-2-8-4-9-5-10(7-13)11(9)6-12(8)14/h2,6,10H,3-5H2,1H3. The van der Waals surface area contributed by atoms with E-state index in [9.17, 15) is 8.42 Å². The molecular weight excluding hydrogens is 236 g/mol. The molecule has 0 N–H and O–H groups in total. The van der Waals surface area contributed by atoms with E-state index in [1.165, 1.54) is 16.1 Å². The minimum atomic E-state index is -3.21. The Morgan fingerprint density at radius 2 is 2.29 bits per heavy atom. The van der Waals surface area contributed by atoms with Crippen LogP contribution in [0.3, 0.4) is 0 Å². The van der Waals surface area contributed by atoms with Gasteiger partial charge in [0.15, 0.2) is 0 Å². The molecule has 5 heteroatoms. The predicted molar refractivity (Wildman–Crippen MR) is 63.1 cm³/mol. The highest BCUT2D eigenvalue weighted by Crippen LogP contribution is 2.46. The van der Waals surface area contributed by atoms with Gasteiger partial charge in [-0.2, -0.15) is 5.26 Å². The molecule has 4 nitrogen and oxygen atoms in total. The first-order valence-electron chi connectivity index (χ1n) is 5.51. The largest absolute Gasteiger partial charge is 0.266 e. The van der Waals surface area contributed by atoms with Crippen molar-refractivity contribution >= 4 is 10.0 Å². The molecule has 3 rings (SSSR count). The average molecular weight is 248 g/mol. The summed E-state index contributed by atoms with van der Waals surface area (Å²) < 4.78 is 24.6. The lowest BCUT2D eigenvalue weighted by molar-refractivity contribution is 0.519. The van der Waals surface area contributed by atoms with E-state index in [2.05, 4.69) is 6.07 Å². The maximum Gasteiger partial charge on any atom is 0.232 e. The molecule has 1 aliphatic heterocycles. The van der Waals surface area contributed by atoms with Gasteiger partial charge in [-0.1, -0.05) is 11.6 Å². The van der Waals surface area contributed by atoms with Crippen molar-refractivity contribution in [3.8, 4) is 6.07 Å². The second kappa shape index (κ2) is 3.23. The van der Waals surface area contributed by atoms with Crippen molar-refractivity contribution in [3.63, 3.8) is 0 Å². The number of allylic oxidation sites excluding steroid dienone is 4. The molecule has 0 radical (unpaired) electrons. The quantitative estimate of drug-likeness (QED) is 0.703. The predicted octanol–water partition coefficient (Wildman–Crippen LogP) is 1.32. The minimum absolute atomic E-state index is 0.0407. The molecule has 3 aliphatic rings. The van der Waals surface area contributed by atoms with Crippen LogP contribution in [-0.4, -0.2) is 25.5 Å². The monoisotopic (exact) mass is 248 g/mol. The van der Waals surface area contributed by atoms with Gasteiger partial charge in [0.2, 0.25) is 10.0 Å². The van der Waals surface area contributed by atoms with Crippen molar-refractivity contribution in [2.45, 2.75) is 12.8 Å². The summed E-state index contributed by atoms with van der Waals surface area (Å²) in [6, 6.07) is 2.24. The zero-order valence-corrected chi connectivity index (χ0v) is 10.3. The normalized spacial score (nSPS) is 26.6. The van der Waals surface area contributed by atoms with Gasteiger partial charge in [-0.25, -0.2) is 8.42 Å². The highest BCUT2D eigenvalue weighted by atomic mass is 32.2. The Kier molecular flexibility index (Phi) is 2.02. The van der Waals surface area contributed by atoms with E-state index in [-0.39, 0.29) is 5.92 Å². The highest BCUT2D eigenvalue weighted by Gasteiger charge is 2.37. The van der Waals surface area contributed by atoms with Gasteiger partial charge < -0.3 is 0 Å². The average Bonchev–Trinajstić information content (AvgIpc) is 2.63. The molecule has 0 fully saturated rings. The molecule has 1 heterocycles. The number of nitriles is 1. The lowest BCUT2D eigenvalue weighted by Gasteiger charge is -2.33. The van der Waals surface area contributed by atoms with Gasteiger partial charge in [-0.3, -0.25) is 4.31 Å². The van der Waals surface area contributed by atoms with Gasteiger partial charge in [0.1, 0.15) is 0 Å². The van der Waals surface area contributed by atoms with Gasteiger partial charge in [0.05, 0.1) is 30.5 Å². The van der Waals surface area contributed by atoms with Gasteiger partial charge in [-0.15, -0.1) is 0 Å². The Morgan fingerprint density at radius 1 is 1.53 bits per heavy atom. The van der Waals surface area contributed by atoms with E-state index in [1.807, 2.05) is 12.2 Å². The fraction of sp³-hybridized carbons (Fsp3) is 0.417. The van der Waals surface area contributed by atoms with Crippen LogP contribution in [0.25, 0.3) is 0 Å². The summed E-state index contributed by atoms with van der Waals surface area (Å²) in [4.78, 5) is 0. The number of nitrogens with zero attached hydrogens (tertiary/aromatic N) is 2. The topological polar surface area (TPSA) is 61.2 Å². The molecule has 1 atom stereocenters. The van der Waals surface area contributed by atoms with E-state index in [1.54, 1.807) is 0 Å². The van der Waals surface area contributed by atoms with Crippen molar-refractivity contribution in [2.24, 2.45) is 5.92 Å². The number of hydrogen-bond acceptors (Lipinski definition) is 3. The molecule has 0 aromatic carbocycles. The van der Waals surface area contributed by atoms with Crippen LogP contribution in [0.1, 0.15) is 12.8 Å². The van der Waals surface area contributed by atoms with Crippen molar-refractivity contribution in [1.82, 2.24) is 4.31 Å². The SMILES string of the molecule is CS(=O)(=O)N1CC=C2CC3=C(C=C21)C(C#N)C3.